The minimum absolute atomic E-state index is 0.0776. The predicted molar refractivity (Wildman–Crippen MR) is 63.6 cm³/mol. The molecule has 92 valence electrons. The number of hydrogen-bond acceptors (Lipinski definition) is 2. The predicted octanol–water partition coefficient (Wildman–Crippen LogP) is 2.03. The molecule has 1 amide bonds. The summed E-state index contributed by atoms with van der Waals surface area (Å²) in [7, 11) is 0. The molecule has 0 aromatic carbocycles. The molecule has 16 heavy (non-hydrogen) atoms. The van der Waals surface area contributed by atoms with Crippen LogP contribution in [0.2, 0.25) is 0 Å². The summed E-state index contributed by atoms with van der Waals surface area (Å²) in [6.07, 6.45) is 4.22. The molecule has 0 N–H and O–H groups in total. The Morgan fingerprint density at radius 3 is 2.75 bits per heavy atom. The molecular formula is C12H20ClNO2. The van der Waals surface area contributed by atoms with Gasteiger partial charge in [0.15, 0.2) is 0 Å². The third-order valence-electron chi connectivity index (χ3n) is 3.53. The van der Waals surface area contributed by atoms with Gasteiger partial charge in [0, 0.05) is 25.1 Å². The molecule has 2 unspecified atom stereocenters. The van der Waals surface area contributed by atoms with E-state index >= 15 is 0 Å². The van der Waals surface area contributed by atoms with Gasteiger partial charge in [-0.05, 0) is 25.7 Å². The molecule has 1 heterocycles. The molecule has 1 saturated carbocycles. The van der Waals surface area contributed by atoms with Crippen molar-refractivity contribution in [2.45, 2.75) is 44.8 Å². The highest BCUT2D eigenvalue weighted by Crippen LogP contribution is 2.32. The molecule has 1 aliphatic heterocycles. The van der Waals surface area contributed by atoms with Crippen molar-refractivity contribution in [1.29, 1.82) is 0 Å². The zero-order valence-corrected chi connectivity index (χ0v) is 10.6. The number of ether oxygens (including phenoxy) is 1. The lowest BCUT2D eigenvalue weighted by atomic mass is 9.98. The molecule has 2 fully saturated rings. The first-order chi connectivity index (χ1) is 7.77. The molecule has 3 nitrogen and oxygen atoms in total. The lowest BCUT2D eigenvalue weighted by Gasteiger charge is -2.26. The van der Waals surface area contributed by atoms with Crippen LogP contribution >= 0.6 is 11.6 Å². The van der Waals surface area contributed by atoms with E-state index in [1.807, 2.05) is 4.90 Å². The maximum absolute atomic E-state index is 12.4. The third-order valence-corrected chi connectivity index (χ3v) is 3.69. The zero-order chi connectivity index (χ0) is 11.5. The summed E-state index contributed by atoms with van der Waals surface area (Å²) >= 11 is 5.76. The molecule has 1 saturated heterocycles. The quantitative estimate of drug-likeness (QED) is 0.694. The normalized spacial score (nSPS) is 29.4. The third kappa shape index (κ3) is 2.51. The maximum atomic E-state index is 12.4. The second kappa shape index (κ2) is 5.37. The van der Waals surface area contributed by atoms with Crippen molar-refractivity contribution in [3.8, 4) is 0 Å². The lowest BCUT2D eigenvalue weighted by Crippen LogP contribution is -2.41. The lowest BCUT2D eigenvalue weighted by molar-refractivity contribution is -0.137. The number of halogens is 1. The van der Waals surface area contributed by atoms with Crippen molar-refractivity contribution >= 4 is 17.5 Å². The van der Waals surface area contributed by atoms with E-state index < -0.39 is 0 Å². The van der Waals surface area contributed by atoms with E-state index in [9.17, 15) is 4.79 Å². The van der Waals surface area contributed by atoms with Gasteiger partial charge in [0.25, 0.3) is 0 Å². The number of amides is 1. The summed E-state index contributed by atoms with van der Waals surface area (Å²) in [6, 6.07) is 0.462. The SMILES string of the molecule is CCC1OCCC1C(=O)N(CCCl)C1CC1. The van der Waals surface area contributed by atoms with Crippen LogP contribution in [-0.2, 0) is 9.53 Å². The maximum Gasteiger partial charge on any atom is 0.228 e. The Labute approximate surface area is 102 Å². The van der Waals surface area contributed by atoms with Gasteiger partial charge in [-0.15, -0.1) is 11.6 Å². The van der Waals surface area contributed by atoms with Gasteiger partial charge in [-0.1, -0.05) is 6.92 Å². The fraction of sp³-hybridized carbons (Fsp3) is 0.917. The number of carbonyl (C=O) groups excluding carboxylic acids is 1. The fourth-order valence-electron chi connectivity index (χ4n) is 2.50. The Hall–Kier alpha value is -0.280. The summed E-state index contributed by atoms with van der Waals surface area (Å²) in [5, 5.41) is 0. The molecule has 0 aromatic heterocycles. The highest BCUT2D eigenvalue weighted by molar-refractivity contribution is 6.18. The average Bonchev–Trinajstić information content (AvgIpc) is 3.01. The molecule has 0 bridgehead atoms. The van der Waals surface area contributed by atoms with Gasteiger partial charge >= 0.3 is 0 Å². The number of carbonyl (C=O) groups is 1. The van der Waals surface area contributed by atoms with Crippen molar-refractivity contribution in [1.82, 2.24) is 4.90 Å². The van der Waals surface area contributed by atoms with Gasteiger partial charge in [0.2, 0.25) is 5.91 Å². The minimum atomic E-state index is 0.0776. The van der Waals surface area contributed by atoms with Crippen LogP contribution in [0.1, 0.15) is 32.6 Å². The second-order valence-corrected chi connectivity index (χ2v) is 5.04. The largest absolute Gasteiger partial charge is 0.377 e. The van der Waals surface area contributed by atoms with Crippen LogP contribution < -0.4 is 0 Å². The highest BCUT2D eigenvalue weighted by atomic mass is 35.5. The zero-order valence-electron chi connectivity index (χ0n) is 9.82. The van der Waals surface area contributed by atoms with Crippen molar-refractivity contribution in [2.75, 3.05) is 19.0 Å². The Bertz CT molecular complexity index is 251. The molecule has 2 atom stereocenters. The summed E-state index contributed by atoms with van der Waals surface area (Å²) in [4.78, 5) is 14.4. The fourth-order valence-corrected chi connectivity index (χ4v) is 2.68. The minimum Gasteiger partial charge on any atom is -0.377 e. The molecule has 0 aromatic rings. The van der Waals surface area contributed by atoms with Crippen LogP contribution in [0.3, 0.4) is 0 Å². The van der Waals surface area contributed by atoms with Crippen LogP contribution in [-0.4, -0.2) is 42.0 Å². The number of rotatable bonds is 5. The molecule has 0 spiro atoms. The second-order valence-electron chi connectivity index (χ2n) is 4.66. The topological polar surface area (TPSA) is 29.5 Å². The monoisotopic (exact) mass is 245 g/mol. The van der Waals surface area contributed by atoms with Crippen molar-refractivity contribution in [3.63, 3.8) is 0 Å². The van der Waals surface area contributed by atoms with E-state index in [0.717, 1.165) is 32.3 Å². The molecule has 2 rings (SSSR count). The smallest absolute Gasteiger partial charge is 0.228 e. The van der Waals surface area contributed by atoms with E-state index in [2.05, 4.69) is 6.92 Å². The average molecular weight is 246 g/mol. The standard InChI is InChI=1S/C12H20ClNO2/c1-2-11-10(5-8-16-11)12(15)14(7-6-13)9-3-4-9/h9-11H,2-8H2,1H3. The van der Waals surface area contributed by atoms with E-state index in [1.54, 1.807) is 0 Å². The van der Waals surface area contributed by atoms with E-state index in [1.165, 1.54) is 0 Å². The van der Waals surface area contributed by atoms with E-state index in [0.29, 0.717) is 18.5 Å². The van der Waals surface area contributed by atoms with Gasteiger partial charge in [-0.25, -0.2) is 0 Å². The van der Waals surface area contributed by atoms with E-state index in [-0.39, 0.29) is 17.9 Å². The Morgan fingerprint density at radius 1 is 1.44 bits per heavy atom. The Kier molecular flexibility index (Phi) is 4.09. The van der Waals surface area contributed by atoms with Crippen LogP contribution in [0.5, 0.6) is 0 Å². The molecule has 0 radical (unpaired) electrons. The van der Waals surface area contributed by atoms with Crippen LogP contribution in [0, 0.1) is 5.92 Å². The van der Waals surface area contributed by atoms with Crippen LogP contribution in [0.25, 0.3) is 0 Å². The molecule has 4 heteroatoms. The Morgan fingerprint density at radius 2 is 2.19 bits per heavy atom. The summed E-state index contributed by atoms with van der Waals surface area (Å²) in [5.41, 5.74) is 0. The number of alkyl halides is 1. The van der Waals surface area contributed by atoms with Gasteiger partial charge in [-0.3, -0.25) is 4.79 Å². The van der Waals surface area contributed by atoms with E-state index in [4.69, 9.17) is 16.3 Å². The summed E-state index contributed by atoms with van der Waals surface area (Å²) in [6.45, 7) is 3.51. The van der Waals surface area contributed by atoms with Gasteiger partial charge in [-0.2, -0.15) is 0 Å². The van der Waals surface area contributed by atoms with Crippen LogP contribution in [0.15, 0.2) is 0 Å². The number of hydrogen-bond donors (Lipinski definition) is 0. The molecular weight excluding hydrogens is 226 g/mol. The van der Waals surface area contributed by atoms with Gasteiger partial charge in [0.1, 0.15) is 0 Å². The molecule has 1 aliphatic carbocycles. The van der Waals surface area contributed by atoms with Crippen LogP contribution in [0.4, 0.5) is 0 Å². The first kappa shape index (κ1) is 12.2. The highest BCUT2D eigenvalue weighted by Gasteiger charge is 2.40. The first-order valence-corrected chi connectivity index (χ1v) is 6.79. The first-order valence-electron chi connectivity index (χ1n) is 6.26. The van der Waals surface area contributed by atoms with Crippen molar-refractivity contribution in [2.24, 2.45) is 5.92 Å². The summed E-state index contributed by atoms with van der Waals surface area (Å²) in [5.74, 6) is 0.883. The van der Waals surface area contributed by atoms with Gasteiger partial charge < -0.3 is 9.64 Å². The van der Waals surface area contributed by atoms with Gasteiger partial charge in [0.05, 0.1) is 12.0 Å². The Balaban J connectivity index is 1.98. The molecule has 2 aliphatic rings. The number of nitrogens with zero attached hydrogens (tertiary/aromatic N) is 1. The summed E-state index contributed by atoms with van der Waals surface area (Å²) < 4.78 is 5.58. The van der Waals surface area contributed by atoms with Crippen molar-refractivity contribution in [3.05, 3.63) is 0 Å². The van der Waals surface area contributed by atoms with Crippen molar-refractivity contribution < 1.29 is 9.53 Å².